The second-order valence-electron chi connectivity index (χ2n) is 7.06. The Labute approximate surface area is 165 Å². The lowest BCUT2D eigenvalue weighted by Gasteiger charge is -2.17. The number of carbonyl (C=O) groups excluding carboxylic acids is 1. The molecule has 0 N–H and O–H groups in total. The zero-order valence-corrected chi connectivity index (χ0v) is 16.0. The number of hydrogen-bond acceptors (Lipinski definition) is 2. The lowest BCUT2D eigenvalue weighted by Crippen LogP contribution is -2.26. The van der Waals surface area contributed by atoms with Gasteiger partial charge >= 0.3 is 0 Å². The molecule has 0 saturated heterocycles. The first-order chi connectivity index (χ1) is 13.7. The van der Waals surface area contributed by atoms with Crippen LogP contribution < -0.4 is 0 Å². The maximum absolute atomic E-state index is 12.6. The predicted octanol–water partition coefficient (Wildman–Crippen LogP) is 4.62. The average molecular weight is 369 g/mol. The van der Waals surface area contributed by atoms with Crippen LogP contribution in [0.1, 0.15) is 17.5 Å². The molecule has 0 aliphatic carbocycles. The van der Waals surface area contributed by atoms with Crippen LogP contribution in [0.3, 0.4) is 0 Å². The smallest absolute Gasteiger partial charge is 0.222 e. The van der Waals surface area contributed by atoms with Crippen LogP contribution in [0.2, 0.25) is 0 Å². The van der Waals surface area contributed by atoms with E-state index in [9.17, 15) is 4.79 Å². The summed E-state index contributed by atoms with van der Waals surface area (Å²) >= 11 is 0. The van der Waals surface area contributed by atoms with E-state index in [0.717, 1.165) is 16.8 Å². The highest BCUT2D eigenvalue weighted by Gasteiger charge is 2.11. The van der Waals surface area contributed by atoms with E-state index in [1.165, 1.54) is 10.8 Å². The Hall–Kier alpha value is -3.40. The summed E-state index contributed by atoms with van der Waals surface area (Å²) in [4.78, 5) is 14.4. The average Bonchev–Trinajstić information content (AvgIpc) is 3.21. The third-order valence-electron chi connectivity index (χ3n) is 4.94. The quantitative estimate of drug-likeness (QED) is 0.497. The van der Waals surface area contributed by atoms with Crippen LogP contribution in [-0.4, -0.2) is 27.6 Å². The molecule has 0 fully saturated rings. The van der Waals surface area contributed by atoms with Crippen molar-refractivity contribution in [1.29, 1.82) is 0 Å². The first-order valence-corrected chi connectivity index (χ1v) is 9.50. The van der Waals surface area contributed by atoms with E-state index >= 15 is 0 Å². The van der Waals surface area contributed by atoms with E-state index in [0.29, 0.717) is 19.4 Å². The third kappa shape index (κ3) is 4.12. The van der Waals surface area contributed by atoms with Gasteiger partial charge in [0.1, 0.15) is 0 Å². The maximum Gasteiger partial charge on any atom is 0.222 e. The molecule has 28 heavy (non-hydrogen) atoms. The van der Waals surface area contributed by atoms with E-state index in [1.807, 2.05) is 66.6 Å². The van der Waals surface area contributed by atoms with Crippen LogP contribution >= 0.6 is 0 Å². The summed E-state index contributed by atoms with van der Waals surface area (Å²) in [5.74, 6) is 0.139. The molecule has 4 aromatic rings. The van der Waals surface area contributed by atoms with Gasteiger partial charge in [-0.05, 0) is 46.5 Å². The molecule has 4 nitrogen and oxygen atoms in total. The molecule has 140 valence electrons. The van der Waals surface area contributed by atoms with Gasteiger partial charge in [0.15, 0.2) is 0 Å². The Morgan fingerprint density at radius 1 is 0.929 bits per heavy atom. The number of benzene rings is 3. The number of rotatable bonds is 6. The van der Waals surface area contributed by atoms with Gasteiger partial charge in [-0.3, -0.25) is 4.79 Å². The monoisotopic (exact) mass is 369 g/mol. The second kappa shape index (κ2) is 8.09. The van der Waals surface area contributed by atoms with E-state index in [4.69, 9.17) is 0 Å². The molecule has 0 radical (unpaired) electrons. The van der Waals surface area contributed by atoms with Crippen LogP contribution in [0, 0.1) is 0 Å². The summed E-state index contributed by atoms with van der Waals surface area (Å²) < 4.78 is 1.85. The Morgan fingerprint density at radius 2 is 1.68 bits per heavy atom. The number of aryl methyl sites for hydroxylation is 1. The van der Waals surface area contributed by atoms with Crippen molar-refractivity contribution in [3.63, 3.8) is 0 Å². The number of hydrogen-bond donors (Lipinski definition) is 0. The van der Waals surface area contributed by atoms with E-state index in [1.54, 1.807) is 4.90 Å². The molecule has 4 rings (SSSR count). The number of nitrogens with zero attached hydrogens (tertiary/aromatic N) is 3. The normalized spacial score (nSPS) is 10.9. The van der Waals surface area contributed by atoms with Crippen molar-refractivity contribution in [3.8, 4) is 5.69 Å². The van der Waals surface area contributed by atoms with E-state index < -0.39 is 0 Å². The summed E-state index contributed by atoms with van der Waals surface area (Å²) in [6.07, 6.45) is 4.99. The number of aromatic nitrogens is 2. The minimum Gasteiger partial charge on any atom is -0.341 e. The zero-order chi connectivity index (χ0) is 19.3. The minimum absolute atomic E-state index is 0.139. The molecule has 1 amide bonds. The van der Waals surface area contributed by atoms with Crippen LogP contribution in [0.25, 0.3) is 16.5 Å². The number of carbonyl (C=O) groups is 1. The summed E-state index contributed by atoms with van der Waals surface area (Å²) in [6, 6.07) is 24.6. The molecule has 0 bridgehead atoms. The maximum atomic E-state index is 12.6. The molecule has 1 heterocycles. The molecule has 4 heteroatoms. The van der Waals surface area contributed by atoms with Gasteiger partial charge in [0.25, 0.3) is 0 Å². The molecular formula is C24H23N3O. The summed E-state index contributed by atoms with van der Waals surface area (Å²) in [6.45, 7) is 0.618. The molecule has 0 saturated carbocycles. The lowest BCUT2D eigenvalue weighted by molar-refractivity contribution is -0.130. The van der Waals surface area contributed by atoms with Crippen molar-refractivity contribution >= 4 is 16.7 Å². The predicted molar refractivity (Wildman–Crippen MR) is 112 cm³/mol. The van der Waals surface area contributed by atoms with Crippen molar-refractivity contribution in [2.24, 2.45) is 0 Å². The molecule has 0 aliphatic rings. The van der Waals surface area contributed by atoms with Gasteiger partial charge in [0.2, 0.25) is 5.91 Å². The van der Waals surface area contributed by atoms with Gasteiger partial charge in [-0.25, -0.2) is 4.68 Å². The van der Waals surface area contributed by atoms with Gasteiger partial charge in [0.05, 0.1) is 11.9 Å². The molecule has 0 atom stereocenters. The largest absolute Gasteiger partial charge is 0.341 e. The molecule has 0 spiro atoms. The van der Waals surface area contributed by atoms with Crippen LogP contribution in [0.4, 0.5) is 0 Å². The molecule has 0 aliphatic heterocycles. The summed E-state index contributed by atoms with van der Waals surface area (Å²) in [7, 11) is 1.87. The molecule has 0 unspecified atom stereocenters. The highest BCUT2D eigenvalue weighted by molar-refractivity contribution is 5.83. The molecular weight excluding hydrogens is 346 g/mol. The highest BCUT2D eigenvalue weighted by atomic mass is 16.2. The Balaban J connectivity index is 1.35. The van der Waals surface area contributed by atoms with Crippen molar-refractivity contribution in [2.45, 2.75) is 19.4 Å². The van der Waals surface area contributed by atoms with Crippen molar-refractivity contribution in [2.75, 3.05) is 7.05 Å². The van der Waals surface area contributed by atoms with Gasteiger partial charge in [0, 0.05) is 26.2 Å². The van der Waals surface area contributed by atoms with Gasteiger partial charge in [-0.1, -0.05) is 54.6 Å². The standard InChI is InChI=1S/C24H23N3O/c1-26(17-19-11-13-21-7-5-6-8-22(21)15-19)24(28)14-12-20-16-25-27(18-20)23-9-3-2-4-10-23/h2-11,13,15-16,18H,12,14,17H2,1H3. The Kier molecular flexibility index (Phi) is 5.20. The van der Waals surface area contributed by atoms with Crippen molar-refractivity contribution in [3.05, 3.63) is 96.3 Å². The first kappa shape index (κ1) is 18.0. The summed E-state index contributed by atoms with van der Waals surface area (Å²) in [5, 5.41) is 6.82. The van der Waals surface area contributed by atoms with Gasteiger partial charge < -0.3 is 4.90 Å². The van der Waals surface area contributed by atoms with Gasteiger partial charge in [-0.15, -0.1) is 0 Å². The van der Waals surface area contributed by atoms with Crippen LogP contribution in [-0.2, 0) is 17.8 Å². The SMILES string of the molecule is CN(Cc1ccc2ccccc2c1)C(=O)CCc1cnn(-c2ccccc2)c1. The topological polar surface area (TPSA) is 38.1 Å². The highest BCUT2D eigenvalue weighted by Crippen LogP contribution is 2.17. The Bertz CT molecular complexity index is 1090. The minimum atomic E-state index is 0.139. The molecule has 3 aromatic carbocycles. The zero-order valence-electron chi connectivity index (χ0n) is 16.0. The fourth-order valence-electron chi connectivity index (χ4n) is 3.35. The first-order valence-electron chi connectivity index (χ1n) is 9.50. The number of amides is 1. The summed E-state index contributed by atoms with van der Waals surface area (Å²) in [5.41, 5.74) is 3.23. The number of fused-ring (bicyclic) bond motifs is 1. The van der Waals surface area contributed by atoms with Crippen molar-refractivity contribution < 1.29 is 4.79 Å². The number of para-hydroxylation sites is 1. The second-order valence-corrected chi connectivity index (χ2v) is 7.06. The fraction of sp³-hybridized carbons (Fsp3) is 0.167. The van der Waals surface area contributed by atoms with Crippen LogP contribution in [0.15, 0.2) is 85.2 Å². The van der Waals surface area contributed by atoms with Crippen LogP contribution in [0.5, 0.6) is 0 Å². The van der Waals surface area contributed by atoms with Crippen molar-refractivity contribution in [1.82, 2.24) is 14.7 Å². The third-order valence-corrected chi connectivity index (χ3v) is 4.94. The van der Waals surface area contributed by atoms with E-state index in [2.05, 4.69) is 35.4 Å². The van der Waals surface area contributed by atoms with E-state index in [-0.39, 0.29) is 5.91 Å². The Morgan fingerprint density at radius 3 is 2.50 bits per heavy atom. The lowest BCUT2D eigenvalue weighted by atomic mass is 10.1. The molecule has 1 aromatic heterocycles. The van der Waals surface area contributed by atoms with Gasteiger partial charge in [-0.2, -0.15) is 5.10 Å². The fourth-order valence-corrected chi connectivity index (χ4v) is 3.35.